The zero-order chi connectivity index (χ0) is 36.6. The number of nitrogens with zero attached hydrogens (tertiary/aromatic N) is 2. The second-order valence-electron chi connectivity index (χ2n) is 14.7. The molecule has 6 heteroatoms. The third-order valence-corrected chi connectivity index (χ3v) is 10.7. The first kappa shape index (κ1) is 50.2. The molecule has 0 aromatic carbocycles. The molecule has 0 radical (unpaired) electrons. The summed E-state index contributed by atoms with van der Waals surface area (Å²) >= 11 is 0. The van der Waals surface area contributed by atoms with Crippen molar-refractivity contribution in [2.24, 2.45) is 11.3 Å². The van der Waals surface area contributed by atoms with Crippen molar-refractivity contribution in [1.29, 1.82) is 0 Å². The SMILES string of the molecule is CCC(C)(CC)C(C(=O)[O-])C(=O)[O-].CCCC[N+](CCCC)(CCCC)CCCC.CCCC[N+](CCCC)(CCCC)CCCC. The summed E-state index contributed by atoms with van der Waals surface area (Å²) in [7, 11) is 0. The van der Waals surface area contributed by atoms with Gasteiger partial charge in [-0.3, -0.25) is 0 Å². The monoisotopic (exact) mass is 671 g/mol. The van der Waals surface area contributed by atoms with Crippen molar-refractivity contribution in [1.82, 2.24) is 0 Å². The third-order valence-electron chi connectivity index (χ3n) is 10.7. The average Bonchev–Trinajstić information content (AvgIpc) is 3.07. The van der Waals surface area contributed by atoms with Crippen LogP contribution in [0.3, 0.4) is 0 Å². The van der Waals surface area contributed by atoms with Gasteiger partial charge >= 0.3 is 0 Å². The molecule has 0 unspecified atom stereocenters. The predicted molar refractivity (Wildman–Crippen MR) is 201 cm³/mol. The van der Waals surface area contributed by atoms with Crippen LogP contribution in [-0.2, 0) is 9.59 Å². The molecule has 0 aliphatic heterocycles. The molecule has 6 nitrogen and oxygen atoms in total. The quantitative estimate of drug-likeness (QED) is 0.0588. The van der Waals surface area contributed by atoms with E-state index >= 15 is 0 Å². The van der Waals surface area contributed by atoms with Crippen LogP contribution >= 0.6 is 0 Å². The number of quaternary nitrogens is 2. The van der Waals surface area contributed by atoms with E-state index in [0.29, 0.717) is 12.8 Å². The number of hydrogen-bond acceptors (Lipinski definition) is 4. The Labute approximate surface area is 295 Å². The van der Waals surface area contributed by atoms with E-state index in [2.05, 4.69) is 55.4 Å². The molecule has 0 fully saturated rings. The molecule has 0 heterocycles. The van der Waals surface area contributed by atoms with Gasteiger partial charge in [-0.2, -0.15) is 0 Å². The molecular weight excluding hydrogens is 584 g/mol. The average molecular weight is 671 g/mol. The molecule has 0 N–H and O–H groups in total. The van der Waals surface area contributed by atoms with E-state index in [0.717, 1.165) is 0 Å². The number of rotatable bonds is 29. The molecule has 0 spiro atoms. The molecule has 0 atom stereocenters. The summed E-state index contributed by atoms with van der Waals surface area (Å²) in [6.07, 6.45) is 23.1. The van der Waals surface area contributed by atoms with Gasteiger partial charge in [-0.25, -0.2) is 0 Å². The highest BCUT2D eigenvalue weighted by Crippen LogP contribution is 2.34. The summed E-state index contributed by atoms with van der Waals surface area (Å²) in [6.45, 7) is 35.2. The number of unbranched alkanes of at least 4 members (excludes halogenated alkanes) is 8. The van der Waals surface area contributed by atoms with Crippen molar-refractivity contribution < 1.29 is 28.8 Å². The minimum atomic E-state index is -1.56. The highest BCUT2D eigenvalue weighted by molar-refractivity contribution is 5.91. The summed E-state index contributed by atoms with van der Waals surface area (Å²) in [5.74, 6) is -4.65. The van der Waals surface area contributed by atoms with Gasteiger partial charge in [0.1, 0.15) is 0 Å². The first-order valence-corrected chi connectivity index (χ1v) is 20.5. The lowest BCUT2D eigenvalue weighted by Crippen LogP contribution is -2.51. The van der Waals surface area contributed by atoms with E-state index < -0.39 is 23.3 Å². The minimum Gasteiger partial charge on any atom is -0.549 e. The predicted octanol–water partition coefficient (Wildman–Crippen LogP) is 8.94. The lowest BCUT2D eigenvalue weighted by Gasteiger charge is -2.39. The van der Waals surface area contributed by atoms with Gasteiger partial charge < -0.3 is 28.8 Å². The highest BCUT2D eigenvalue weighted by Gasteiger charge is 2.33. The molecule has 284 valence electrons. The Morgan fingerprint density at radius 3 is 0.681 bits per heavy atom. The summed E-state index contributed by atoms with van der Waals surface area (Å²) in [4.78, 5) is 21.1. The van der Waals surface area contributed by atoms with Crippen molar-refractivity contribution in [2.45, 2.75) is 192 Å². The van der Waals surface area contributed by atoms with Gasteiger partial charge in [0.25, 0.3) is 0 Å². The van der Waals surface area contributed by atoms with Crippen LogP contribution in [0.4, 0.5) is 0 Å². The van der Waals surface area contributed by atoms with Crippen molar-refractivity contribution >= 4 is 11.9 Å². The van der Waals surface area contributed by atoms with E-state index in [4.69, 9.17) is 0 Å². The van der Waals surface area contributed by atoms with Crippen LogP contribution in [0.25, 0.3) is 0 Å². The summed E-state index contributed by atoms with van der Waals surface area (Å²) < 4.78 is 2.84. The van der Waals surface area contributed by atoms with Crippen LogP contribution in [0.15, 0.2) is 0 Å². The van der Waals surface area contributed by atoms with Crippen LogP contribution in [0.2, 0.25) is 0 Å². The lowest BCUT2D eigenvalue weighted by molar-refractivity contribution is -0.929. The Morgan fingerprint density at radius 2 is 0.596 bits per heavy atom. The molecule has 47 heavy (non-hydrogen) atoms. The molecule has 0 bridgehead atoms. The van der Waals surface area contributed by atoms with Crippen LogP contribution in [0.5, 0.6) is 0 Å². The maximum absolute atomic E-state index is 10.6. The van der Waals surface area contributed by atoms with Gasteiger partial charge in [0.2, 0.25) is 0 Å². The minimum absolute atomic E-state index is 0.468. The van der Waals surface area contributed by atoms with Gasteiger partial charge in [0, 0.05) is 5.92 Å². The molecular formula is C41H86N2O4. The molecule has 0 saturated carbocycles. The number of aliphatic carboxylic acids is 2. The molecule has 0 rings (SSSR count). The topological polar surface area (TPSA) is 80.3 Å². The molecule has 0 amide bonds. The van der Waals surface area contributed by atoms with Crippen molar-refractivity contribution in [3.05, 3.63) is 0 Å². The zero-order valence-corrected chi connectivity index (χ0v) is 34.0. The fourth-order valence-corrected chi connectivity index (χ4v) is 6.61. The Hall–Kier alpha value is -1.14. The molecule has 0 aliphatic rings. The fourth-order valence-electron chi connectivity index (χ4n) is 6.61. The maximum atomic E-state index is 10.6. The van der Waals surface area contributed by atoms with E-state index in [9.17, 15) is 19.8 Å². The van der Waals surface area contributed by atoms with Crippen LogP contribution in [-0.4, -0.2) is 73.3 Å². The Morgan fingerprint density at radius 1 is 0.426 bits per heavy atom. The molecule has 0 aliphatic carbocycles. The van der Waals surface area contributed by atoms with Gasteiger partial charge in [0.15, 0.2) is 0 Å². The number of hydrogen-bond donors (Lipinski definition) is 0. The Balaban J connectivity index is -0.000000625. The fraction of sp³-hybridized carbons (Fsp3) is 0.951. The second kappa shape index (κ2) is 32.1. The van der Waals surface area contributed by atoms with E-state index in [1.54, 1.807) is 20.8 Å². The Bertz CT molecular complexity index is 583. The van der Waals surface area contributed by atoms with Crippen molar-refractivity contribution in [3.63, 3.8) is 0 Å². The first-order chi connectivity index (χ1) is 22.4. The second-order valence-corrected chi connectivity index (χ2v) is 14.7. The first-order valence-electron chi connectivity index (χ1n) is 20.5. The highest BCUT2D eigenvalue weighted by atomic mass is 16.4. The Kier molecular flexibility index (Phi) is 34.3. The molecule has 0 aromatic heterocycles. The van der Waals surface area contributed by atoms with Crippen LogP contribution in [0.1, 0.15) is 192 Å². The number of carbonyl (C=O) groups excluding carboxylic acids is 2. The summed E-state index contributed by atoms with van der Waals surface area (Å²) in [6, 6.07) is 0. The molecule has 0 saturated heterocycles. The third kappa shape index (κ3) is 23.8. The van der Waals surface area contributed by atoms with Gasteiger partial charge in [-0.15, -0.1) is 0 Å². The standard InChI is InChI=1S/2C16H36N.C9H16O4/c2*1-5-9-13-17(14-10-6-2,15-11-7-3)16-12-8-4;1-4-9(3,5-2)6(7(10)11)8(12)13/h2*5-16H2,1-4H3;6H,4-5H2,1-3H3,(H,10,11)(H,12,13)/q2*+1;/p-2. The van der Waals surface area contributed by atoms with Crippen LogP contribution < -0.4 is 10.2 Å². The largest absolute Gasteiger partial charge is 0.549 e. The van der Waals surface area contributed by atoms with Crippen molar-refractivity contribution in [2.75, 3.05) is 52.4 Å². The summed E-state index contributed by atoms with van der Waals surface area (Å²) in [5, 5.41) is 21.1. The lowest BCUT2D eigenvalue weighted by atomic mass is 9.73. The normalized spacial score (nSPS) is 11.9. The number of carboxylic acid groups (broad SMARTS) is 2. The van der Waals surface area contributed by atoms with Gasteiger partial charge in [0.05, 0.1) is 64.3 Å². The summed E-state index contributed by atoms with van der Waals surface area (Å²) in [5.41, 5.74) is -0.780. The number of carboxylic acids is 2. The van der Waals surface area contributed by atoms with Gasteiger partial charge in [-0.1, -0.05) is 128 Å². The van der Waals surface area contributed by atoms with E-state index in [1.807, 2.05) is 0 Å². The number of carbonyl (C=O) groups is 2. The van der Waals surface area contributed by atoms with E-state index in [1.165, 1.54) is 164 Å². The zero-order valence-electron chi connectivity index (χ0n) is 34.0. The van der Waals surface area contributed by atoms with Crippen LogP contribution in [0, 0.1) is 11.3 Å². The van der Waals surface area contributed by atoms with E-state index in [-0.39, 0.29) is 0 Å². The van der Waals surface area contributed by atoms with Gasteiger partial charge in [-0.05, 0) is 69.6 Å². The smallest absolute Gasteiger partial charge is 0.0786 e. The maximum Gasteiger partial charge on any atom is 0.0786 e. The van der Waals surface area contributed by atoms with Crippen molar-refractivity contribution in [3.8, 4) is 0 Å². The molecule has 0 aromatic rings.